The van der Waals surface area contributed by atoms with Crippen molar-refractivity contribution >= 4 is 5.91 Å². The van der Waals surface area contributed by atoms with Crippen molar-refractivity contribution in [3.63, 3.8) is 0 Å². The number of hydrogen-bond donors (Lipinski definition) is 2. The van der Waals surface area contributed by atoms with E-state index in [1.54, 1.807) is 0 Å². The summed E-state index contributed by atoms with van der Waals surface area (Å²) in [4.78, 5) is 13.6. The minimum atomic E-state index is -0.258. The Hall–Kier alpha value is -1.36. The molecule has 1 aliphatic carbocycles. The van der Waals surface area contributed by atoms with Gasteiger partial charge in [-0.3, -0.25) is 9.48 Å². The third-order valence-corrected chi connectivity index (χ3v) is 6.89. The normalized spacial score (nSPS) is 32.5. The zero-order valence-corrected chi connectivity index (χ0v) is 17.5. The summed E-state index contributed by atoms with van der Waals surface area (Å²) < 4.78 is 2.02. The molecule has 1 amide bonds. The van der Waals surface area contributed by atoms with Gasteiger partial charge in [-0.2, -0.15) is 5.10 Å². The lowest BCUT2D eigenvalue weighted by Crippen LogP contribution is -2.52. The number of hydrogen-bond acceptors (Lipinski definition) is 3. The van der Waals surface area contributed by atoms with Gasteiger partial charge in [-0.25, -0.2) is 0 Å². The molecule has 5 heteroatoms. The van der Waals surface area contributed by atoms with E-state index in [1.165, 1.54) is 18.5 Å². The average molecular weight is 375 g/mol. The van der Waals surface area contributed by atoms with Gasteiger partial charge in [-0.15, -0.1) is 0 Å². The number of carbonyl (C=O) groups is 1. The summed E-state index contributed by atoms with van der Waals surface area (Å²) in [5.74, 6) is 0.299. The quantitative estimate of drug-likeness (QED) is 0.826. The lowest BCUT2D eigenvalue weighted by molar-refractivity contribution is -0.135. The van der Waals surface area contributed by atoms with Gasteiger partial charge in [0.1, 0.15) is 0 Å². The number of aromatic nitrogens is 2. The van der Waals surface area contributed by atoms with Crippen LogP contribution in [0.1, 0.15) is 83.7 Å². The van der Waals surface area contributed by atoms with Gasteiger partial charge in [0.15, 0.2) is 0 Å². The largest absolute Gasteiger partial charge is 0.352 e. The van der Waals surface area contributed by atoms with Gasteiger partial charge >= 0.3 is 0 Å². The maximum absolute atomic E-state index is 13.6. The van der Waals surface area contributed by atoms with Crippen molar-refractivity contribution in [1.29, 1.82) is 0 Å². The van der Waals surface area contributed by atoms with E-state index in [2.05, 4.69) is 35.6 Å². The predicted molar refractivity (Wildman–Crippen MR) is 110 cm³/mol. The van der Waals surface area contributed by atoms with Crippen molar-refractivity contribution < 1.29 is 4.79 Å². The molecular formula is C22H38N4O. The number of nitrogens with one attached hydrogen (secondary N) is 2. The average Bonchev–Trinajstić information content (AvgIpc) is 3.07. The Balaban J connectivity index is 1.87. The molecule has 2 aliphatic rings. The van der Waals surface area contributed by atoms with E-state index in [9.17, 15) is 4.79 Å². The molecule has 152 valence electrons. The molecule has 2 fully saturated rings. The highest BCUT2D eigenvalue weighted by molar-refractivity contribution is 5.83. The molecule has 2 heterocycles. The summed E-state index contributed by atoms with van der Waals surface area (Å²) in [7, 11) is 2.04. The fourth-order valence-corrected chi connectivity index (χ4v) is 5.58. The summed E-state index contributed by atoms with van der Waals surface area (Å²) in [6, 6.07) is 2.44. The maximum Gasteiger partial charge on any atom is 0.226 e. The zero-order valence-electron chi connectivity index (χ0n) is 17.5. The van der Waals surface area contributed by atoms with Crippen molar-refractivity contribution in [3.8, 4) is 0 Å². The minimum Gasteiger partial charge on any atom is -0.352 e. The van der Waals surface area contributed by atoms with Crippen LogP contribution in [0.4, 0.5) is 0 Å². The van der Waals surface area contributed by atoms with E-state index in [4.69, 9.17) is 0 Å². The standard InChI is InChI=1S/C22H38N4O/c1-4-11-22(20(27)25-18-9-8-14-23-16-18)13-7-5-6-12-21(2,17-22)19-10-15-24-26(19)3/h10,15,18,23H,4-9,11-14,16-17H2,1-3H3,(H,25,27). The van der Waals surface area contributed by atoms with Crippen LogP contribution >= 0.6 is 0 Å². The Morgan fingerprint density at radius 3 is 2.81 bits per heavy atom. The molecule has 3 atom stereocenters. The first kappa shape index (κ1) is 20.4. The first-order valence-corrected chi connectivity index (χ1v) is 11.0. The monoisotopic (exact) mass is 374 g/mol. The molecule has 3 unspecified atom stereocenters. The zero-order chi connectivity index (χ0) is 19.3. The molecule has 1 aliphatic heterocycles. The molecule has 0 aromatic carbocycles. The topological polar surface area (TPSA) is 59.0 Å². The molecule has 3 rings (SSSR count). The summed E-state index contributed by atoms with van der Waals surface area (Å²) in [5.41, 5.74) is 1.02. The Labute approximate surface area is 164 Å². The molecule has 1 aromatic heterocycles. The van der Waals surface area contributed by atoms with Crippen LogP contribution in [-0.2, 0) is 17.3 Å². The van der Waals surface area contributed by atoms with Crippen molar-refractivity contribution in [2.75, 3.05) is 13.1 Å². The van der Waals surface area contributed by atoms with Crippen LogP contribution in [0.15, 0.2) is 12.3 Å². The van der Waals surface area contributed by atoms with Gasteiger partial charge in [-0.1, -0.05) is 39.5 Å². The van der Waals surface area contributed by atoms with E-state index < -0.39 is 0 Å². The van der Waals surface area contributed by atoms with Crippen LogP contribution < -0.4 is 10.6 Å². The van der Waals surface area contributed by atoms with Crippen LogP contribution in [0.2, 0.25) is 0 Å². The Kier molecular flexibility index (Phi) is 6.61. The third kappa shape index (κ3) is 4.56. The Bertz CT molecular complexity index is 622. The van der Waals surface area contributed by atoms with Gasteiger partial charge in [-0.05, 0) is 51.1 Å². The second-order valence-corrected chi connectivity index (χ2v) is 9.19. The van der Waals surface area contributed by atoms with Crippen LogP contribution in [0.5, 0.6) is 0 Å². The van der Waals surface area contributed by atoms with Gasteiger partial charge in [0.25, 0.3) is 0 Å². The Morgan fingerprint density at radius 2 is 2.15 bits per heavy atom. The molecule has 1 saturated carbocycles. The SMILES string of the molecule is CCCC1(C(=O)NC2CCCNC2)CCCCCC(C)(c2ccnn2C)C1. The van der Waals surface area contributed by atoms with Crippen molar-refractivity contribution in [3.05, 3.63) is 18.0 Å². The van der Waals surface area contributed by atoms with E-state index in [-0.39, 0.29) is 16.9 Å². The first-order chi connectivity index (χ1) is 13.0. The van der Waals surface area contributed by atoms with E-state index >= 15 is 0 Å². The summed E-state index contributed by atoms with van der Waals surface area (Å²) >= 11 is 0. The summed E-state index contributed by atoms with van der Waals surface area (Å²) in [5, 5.41) is 11.3. The number of carbonyl (C=O) groups excluding carboxylic acids is 1. The number of amides is 1. The van der Waals surface area contributed by atoms with E-state index in [0.29, 0.717) is 5.91 Å². The van der Waals surface area contributed by atoms with Crippen LogP contribution in [0, 0.1) is 5.41 Å². The van der Waals surface area contributed by atoms with Crippen LogP contribution in [-0.4, -0.2) is 34.8 Å². The van der Waals surface area contributed by atoms with Gasteiger partial charge < -0.3 is 10.6 Å². The maximum atomic E-state index is 13.6. The van der Waals surface area contributed by atoms with Crippen molar-refractivity contribution in [2.24, 2.45) is 12.5 Å². The number of aryl methyl sites for hydroxylation is 1. The lowest BCUT2D eigenvalue weighted by atomic mass is 9.62. The van der Waals surface area contributed by atoms with Crippen molar-refractivity contribution in [2.45, 2.75) is 89.5 Å². The second kappa shape index (κ2) is 8.76. The van der Waals surface area contributed by atoms with Crippen LogP contribution in [0.25, 0.3) is 0 Å². The molecule has 0 spiro atoms. The third-order valence-electron chi connectivity index (χ3n) is 6.89. The minimum absolute atomic E-state index is 0.00297. The molecular weight excluding hydrogens is 336 g/mol. The molecule has 2 N–H and O–H groups in total. The highest BCUT2D eigenvalue weighted by Gasteiger charge is 2.46. The molecule has 27 heavy (non-hydrogen) atoms. The predicted octanol–water partition coefficient (Wildman–Crippen LogP) is 3.69. The highest BCUT2D eigenvalue weighted by Crippen LogP contribution is 2.47. The van der Waals surface area contributed by atoms with Crippen molar-refractivity contribution in [1.82, 2.24) is 20.4 Å². The summed E-state index contributed by atoms with van der Waals surface area (Å²) in [6.07, 6.45) is 12.9. The van der Waals surface area contributed by atoms with Crippen LogP contribution in [0.3, 0.4) is 0 Å². The number of piperidine rings is 1. The fraction of sp³-hybridized carbons (Fsp3) is 0.818. The first-order valence-electron chi connectivity index (χ1n) is 11.0. The number of rotatable bonds is 5. The molecule has 5 nitrogen and oxygen atoms in total. The lowest BCUT2D eigenvalue weighted by Gasteiger charge is -2.43. The summed E-state index contributed by atoms with van der Waals surface area (Å²) in [6.45, 7) is 6.56. The molecule has 1 aromatic rings. The highest BCUT2D eigenvalue weighted by atomic mass is 16.2. The smallest absolute Gasteiger partial charge is 0.226 e. The van der Waals surface area contributed by atoms with Gasteiger partial charge in [0, 0.05) is 36.9 Å². The van der Waals surface area contributed by atoms with Gasteiger partial charge in [0.2, 0.25) is 5.91 Å². The Morgan fingerprint density at radius 1 is 1.33 bits per heavy atom. The molecule has 0 radical (unpaired) electrons. The fourth-order valence-electron chi connectivity index (χ4n) is 5.58. The van der Waals surface area contributed by atoms with Gasteiger partial charge in [0.05, 0.1) is 5.41 Å². The molecule has 1 saturated heterocycles. The second-order valence-electron chi connectivity index (χ2n) is 9.19. The van der Waals surface area contributed by atoms with E-state index in [1.807, 2.05) is 17.9 Å². The number of nitrogens with zero attached hydrogens (tertiary/aromatic N) is 2. The van der Waals surface area contributed by atoms with E-state index in [0.717, 1.165) is 64.5 Å². The molecule has 0 bridgehead atoms.